The van der Waals surface area contributed by atoms with Crippen LogP contribution in [0.5, 0.6) is 0 Å². The number of nitrogens with one attached hydrogen (secondary N) is 1. The van der Waals surface area contributed by atoms with E-state index < -0.39 is 0 Å². The molecule has 0 aliphatic rings. The van der Waals surface area contributed by atoms with Crippen LogP contribution in [0.1, 0.15) is 24.0 Å². The molecule has 4 heteroatoms. The van der Waals surface area contributed by atoms with Crippen LogP contribution < -0.4 is 5.32 Å². The molecule has 0 aliphatic carbocycles. The molecule has 3 nitrogen and oxygen atoms in total. The highest BCUT2D eigenvalue weighted by Crippen LogP contribution is 2.14. The monoisotopic (exact) mass is 361 g/mol. The van der Waals surface area contributed by atoms with Crippen molar-refractivity contribution < 1.29 is 0 Å². The molecule has 1 atom stereocenters. The molecule has 0 spiro atoms. The number of guanidine groups is 1. The minimum atomic E-state index is 0. The number of aliphatic imine (C=N–C) groups is 1. The van der Waals surface area contributed by atoms with Gasteiger partial charge in [0, 0.05) is 27.7 Å². The van der Waals surface area contributed by atoms with Gasteiger partial charge in [-0.3, -0.25) is 4.99 Å². The summed E-state index contributed by atoms with van der Waals surface area (Å²) in [6, 6.07) is 8.71. The first-order chi connectivity index (χ1) is 8.04. The highest BCUT2D eigenvalue weighted by molar-refractivity contribution is 14.0. The number of hydrogen-bond acceptors (Lipinski definition) is 1. The molecule has 0 aromatic heterocycles. The summed E-state index contributed by atoms with van der Waals surface area (Å²) in [5.74, 6) is 1.40. The fraction of sp³-hybridized carbons (Fsp3) is 0.500. The summed E-state index contributed by atoms with van der Waals surface area (Å²) in [6.07, 6.45) is 0. The summed E-state index contributed by atoms with van der Waals surface area (Å²) in [5, 5.41) is 3.36. The zero-order chi connectivity index (χ0) is 12.8. The Bertz CT molecular complexity index is 371. The Morgan fingerprint density at radius 2 is 1.83 bits per heavy atom. The van der Waals surface area contributed by atoms with E-state index in [1.807, 2.05) is 19.0 Å². The third kappa shape index (κ3) is 5.25. The summed E-state index contributed by atoms with van der Waals surface area (Å²) in [7, 11) is 5.79. The summed E-state index contributed by atoms with van der Waals surface area (Å²) < 4.78 is 0. The Hall–Kier alpha value is -0.780. The predicted octanol–water partition coefficient (Wildman–Crippen LogP) is 2.85. The summed E-state index contributed by atoms with van der Waals surface area (Å²) in [5.41, 5.74) is 2.66. The Kier molecular flexibility index (Phi) is 7.98. The molecule has 0 bridgehead atoms. The van der Waals surface area contributed by atoms with Crippen molar-refractivity contribution in [2.24, 2.45) is 4.99 Å². The number of rotatable bonds is 3. The molecule has 1 rings (SSSR count). The van der Waals surface area contributed by atoms with Crippen LogP contribution in [0, 0.1) is 6.92 Å². The summed E-state index contributed by atoms with van der Waals surface area (Å²) in [4.78, 5) is 6.19. The Morgan fingerprint density at radius 1 is 1.28 bits per heavy atom. The first-order valence-corrected chi connectivity index (χ1v) is 5.99. The molecule has 0 saturated carbocycles. The third-order valence-corrected chi connectivity index (χ3v) is 2.85. The molecular formula is C14H24IN3. The van der Waals surface area contributed by atoms with Crippen molar-refractivity contribution in [3.05, 3.63) is 35.4 Å². The number of benzene rings is 1. The zero-order valence-electron chi connectivity index (χ0n) is 11.9. The molecule has 0 heterocycles. The van der Waals surface area contributed by atoms with Crippen molar-refractivity contribution in [2.45, 2.75) is 19.8 Å². The van der Waals surface area contributed by atoms with Gasteiger partial charge in [0.1, 0.15) is 0 Å². The van der Waals surface area contributed by atoms with Crippen LogP contribution in [0.3, 0.4) is 0 Å². The summed E-state index contributed by atoms with van der Waals surface area (Å²) in [6.45, 7) is 5.23. The molecule has 1 aromatic rings. The standard InChI is InChI=1S/C14H23N3.HI/c1-11-6-8-13(9-7-11)12(2)10-16-14(15-3)17(4)5;/h6-9,12H,10H2,1-5H3,(H,15,16);1H. The van der Waals surface area contributed by atoms with Gasteiger partial charge in [-0.15, -0.1) is 24.0 Å². The van der Waals surface area contributed by atoms with Crippen molar-refractivity contribution >= 4 is 29.9 Å². The van der Waals surface area contributed by atoms with Crippen LogP contribution >= 0.6 is 24.0 Å². The van der Waals surface area contributed by atoms with E-state index in [9.17, 15) is 0 Å². The fourth-order valence-corrected chi connectivity index (χ4v) is 1.69. The molecule has 0 aliphatic heterocycles. The molecule has 0 saturated heterocycles. The van der Waals surface area contributed by atoms with Gasteiger partial charge < -0.3 is 10.2 Å². The minimum Gasteiger partial charge on any atom is -0.356 e. The van der Waals surface area contributed by atoms with Crippen LogP contribution in [0.15, 0.2) is 29.3 Å². The van der Waals surface area contributed by atoms with Gasteiger partial charge in [-0.2, -0.15) is 0 Å². The van der Waals surface area contributed by atoms with Crippen LogP contribution in [0.4, 0.5) is 0 Å². The predicted molar refractivity (Wildman–Crippen MR) is 90.1 cm³/mol. The molecule has 1 unspecified atom stereocenters. The van der Waals surface area contributed by atoms with Gasteiger partial charge in [-0.25, -0.2) is 0 Å². The fourth-order valence-electron chi connectivity index (χ4n) is 1.69. The number of nitrogens with zero attached hydrogens (tertiary/aromatic N) is 2. The highest BCUT2D eigenvalue weighted by atomic mass is 127. The normalized spacial score (nSPS) is 12.6. The van der Waals surface area contributed by atoms with Gasteiger partial charge in [-0.1, -0.05) is 36.8 Å². The Morgan fingerprint density at radius 3 is 2.28 bits per heavy atom. The molecule has 102 valence electrons. The highest BCUT2D eigenvalue weighted by Gasteiger charge is 2.07. The average Bonchev–Trinajstić information content (AvgIpc) is 2.30. The molecule has 0 fully saturated rings. The number of aryl methyl sites for hydroxylation is 1. The van der Waals surface area contributed by atoms with Crippen LogP contribution in [0.25, 0.3) is 0 Å². The maximum absolute atomic E-state index is 4.20. The maximum atomic E-state index is 4.20. The number of hydrogen-bond donors (Lipinski definition) is 1. The van der Waals surface area contributed by atoms with E-state index in [1.54, 1.807) is 7.05 Å². The second kappa shape index (κ2) is 8.34. The Labute approximate surface area is 128 Å². The van der Waals surface area contributed by atoms with Crippen molar-refractivity contribution in [3.63, 3.8) is 0 Å². The lowest BCUT2D eigenvalue weighted by molar-refractivity contribution is 0.571. The van der Waals surface area contributed by atoms with E-state index in [1.165, 1.54) is 11.1 Å². The summed E-state index contributed by atoms with van der Waals surface area (Å²) >= 11 is 0. The van der Waals surface area contributed by atoms with Gasteiger partial charge in [0.15, 0.2) is 5.96 Å². The van der Waals surface area contributed by atoms with E-state index in [2.05, 4.69) is 48.4 Å². The van der Waals surface area contributed by atoms with Gasteiger partial charge in [-0.05, 0) is 18.4 Å². The van der Waals surface area contributed by atoms with Crippen molar-refractivity contribution in [1.82, 2.24) is 10.2 Å². The second-order valence-electron chi connectivity index (χ2n) is 4.63. The van der Waals surface area contributed by atoms with Crippen LogP contribution in [-0.2, 0) is 0 Å². The molecule has 1 aromatic carbocycles. The molecule has 18 heavy (non-hydrogen) atoms. The second-order valence-corrected chi connectivity index (χ2v) is 4.63. The van der Waals surface area contributed by atoms with E-state index in [0.717, 1.165) is 12.5 Å². The van der Waals surface area contributed by atoms with Crippen molar-refractivity contribution in [1.29, 1.82) is 0 Å². The van der Waals surface area contributed by atoms with Gasteiger partial charge in [0.25, 0.3) is 0 Å². The van der Waals surface area contributed by atoms with Gasteiger partial charge >= 0.3 is 0 Å². The lowest BCUT2D eigenvalue weighted by Gasteiger charge is -2.20. The van der Waals surface area contributed by atoms with Gasteiger partial charge in [0.05, 0.1) is 0 Å². The molecule has 0 amide bonds. The zero-order valence-corrected chi connectivity index (χ0v) is 14.2. The van der Waals surface area contributed by atoms with Crippen LogP contribution in [0.2, 0.25) is 0 Å². The first-order valence-electron chi connectivity index (χ1n) is 5.99. The quantitative estimate of drug-likeness (QED) is 0.509. The minimum absolute atomic E-state index is 0. The topological polar surface area (TPSA) is 27.6 Å². The smallest absolute Gasteiger partial charge is 0.193 e. The number of halogens is 1. The van der Waals surface area contributed by atoms with E-state index in [0.29, 0.717) is 5.92 Å². The molecule has 0 radical (unpaired) electrons. The first kappa shape index (κ1) is 17.2. The average molecular weight is 361 g/mol. The van der Waals surface area contributed by atoms with Crippen LogP contribution in [-0.4, -0.2) is 38.5 Å². The van der Waals surface area contributed by atoms with E-state index in [-0.39, 0.29) is 24.0 Å². The third-order valence-electron chi connectivity index (χ3n) is 2.85. The molecule has 1 N–H and O–H groups in total. The lowest BCUT2D eigenvalue weighted by Crippen LogP contribution is -2.38. The van der Waals surface area contributed by atoms with Crippen molar-refractivity contribution in [3.8, 4) is 0 Å². The molecular weight excluding hydrogens is 337 g/mol. The van der Waals surface area contributed by atoms with E-state index >= 15 is 0 Å². The Balaban J connectivity index is 0.00000289. The largest absolute Gasteiger partial charge is 0.356 e. The SMILES string of the molecule is CN=C(NCC(C)c1ccc(C)cc1)N(C)C.I. The van der Waals surface area contributed by atoms with E-state index in [4.69, 9.17) is 0 Å². The maximum Gasteiger partial charge on any atom is 0.193 e. The lowest BCUT2D eigenvalue weighted by atomic mass is 10.0. The van der Waals surface area contributed by atoms with Crippen molar-refractivity contribution in [2.75, 3.05) is 27.7 Å². The van der Waals surface area contributed by atoms with Gasteiger partial charge in [0.2, 0.25) is 0 Å².